The van der Waals surface area contributed by atoms with Gasteiger partial charge in [-0.2, -0.15) is 0 Å². The van der Waals surface area contributed by atoms with Crippen LogP contribution in [0, 0.1) is 25.7 Å². The summed E-state index contributed by atoms with van der Waals surface area (Å²) < 4.78 is 6.59. The van der Waals surface area contributed by atoms with Gasteiger partial charge in [0, 0.05) is 12.2 Å². The number of nitrogens with zero attached hydrogens (tertiary/aromatic N) is 2. The van der Waals surface area contributed by atoms with Crippen LogP contribution >= 0.6 is 0 Å². The molecule has 1 spiro atoms. The van der Waals surface area contributed by atoms with Crippen molar-refractivity contribution in [3.05, 3.63) is 42.0 Å². The van der Waals surface area contributed by atoms with Gasteiger partial charge in [-0.15, -0.1) is 6.58 Å². The SMILES string of the molecule is C=CCN(C(=O)C1N([C@@H](CC)CO)C(=O)[C@@H]2[C@H](C(=O)O)[C@]3(CC)CCC12O3)c1cc(C)ccc1C. The van der Waals surface area contributed by atoms with E-state index in [-0.39, 0.29) is 19.1 Å². The van der Waals surface area contributed by atoms with Gasteiger partial charge >= 0.3 is 5.97 Å². The van der Waals surface area contributed by atoms with Gasteiger partial charge in [-0.25, -0.2) is 0 Å². The van der Waals surface area contributed by atoms with Gasteiger partial charge in [0.15, 0.2) is 0 Å². The number of amides is 2. The van der Waals surface area contributed by atoms with Crippen LogP contribution in [0.3, 0.4) is 0 Å². The fourth-order valence-corrected chi connectivity index (χ4v) is 6.71. The molecule has 3 aliphatic heterocycles. The number of carbonyl (C=O) groups excluding carboxylic acids is 2. The summed E-state index contributed by atoms with van der Waals surface area (Å²) in [5.74, 6) is -3.81. The normalized spacial score (nSPS) is 32.0. The number of rotatable bonds is 9. The van der Waals surface area contributed by atoms with Crippen molar-refractivity contribution >= 4 is 23.5 Å². The Bertz CT molecular complexity index is 1050. The molecule has 3 fully saturated rings. The second-order valence-electron chi connectivity index (χ2n) is 10.2. The van der Waals surface area contributed by atoms with Crippen LogP contribution in [0.2, 0.25) is 0 Å². The predicted octanol–water partition coefficient (Wildman–Crippen LogP) is 2.83. The Kier molecular flexibility index (Phi) is 6.57. The van der Waals surface area contributed by atoms with Crippen LogP contribution in [0.1, 0.15) is 50.7 Å². The van der Waals surface area contributed by atoms with E-state index in [1.165, 1.54) is 4.90 Å². The standard InChI is InChI=1S/C27H36N2O6/c1-6-13-28(19-14-16(4)9-10-17(19)5)24(32)22-27-12-11-26(8-3,35-27)21(25(33)34)20(27)23(31)29(22)18(7-2)15-30/h6,9-10,14,18,20-22,30H,1,7-8,11-13,15H2,2-5H3,(H,33,34)/t18-,20-,21+,22?,26-,27?/m0/s1. The van der Waals surface area contributed by atoms with Gasteiger partial charge in [0.2, 0.25) is 5.91 Å². The molecule has 2 bridgehead atoms. The number of hydrogen-bond donors (Lipinski definition) is 2. The molecular formula is C27H36N2O6. The summed E-state index contributed by atoms with van der Waals surface area (Å²) in [5, 5.41) is 20.3. The van der Waals surface area contributed by atoms with Gasteiger partial charge < -0.3 is 24.7 Å². The van der Waals surface area contributed by atoms with E-state index in [0.717, 1.165) is 11.1 Å². The molecule has 3 saturated heterocycles. The molecule has 35 heavy (non-hydrogen) atoms. The maximum Gasteiger partial charge on any atom is 0.310 e. The van der Waals surface area contributed by atoms with E-state index in [9.17, 15) is 24.6 Å². The third kappa shape index (κ3) is 3.52. The van der Waals surface area contributed by atoms with Crippen molar-refractivity contribution < 1.29 is 29.3 Å². The first-order chi connectivity index (χ1) is 16.6. The Morgan fingerprint density at radius 3 is 2.60 bits per heavy atom. The molecule has 3 heterocycles. The Labute approximate surface area is 206 Å². The second kappa shape index (κ2) is 9.06. The first-order valence-corrected chi connectivity index (χ1v) is 12.5. The lowest BCUT2D eigenvalue weighted by molar-refractivity contribution is -0.157. The fraction of sp³-hybridized carbons (Fsp3) is 0.593. The second-order valence-corrected chi connectivity index (χ2v) is 10.2. The van der Waals surface area contributed by atoms with E-state index in [0.29, 0.717) is 31.4 Å². The largest absolute Gasteiger partial charge is 0.481 e. The molecule has 3 aliphatic rings. The van der Waals surface area contributed by atoms with E-state index in [4.69, 9.17) is 4.74 Å². The topological polar surface area (TPSA) is 107 Å². The number of fused-ring (bicyclic) bond motifs is 1. The van der Waals surface area contributed by atoms with Crippen molar-refractivity contribution in [2.24, 2.45) is 11.8 Å². The molecule has 1 aromatic rings. The van der Waals surface area contributed by atoms with Crippen LogP contribution in [-0.4, -0.2) is 69.3 Å². The zero-order valence-corrected chi connectivity index (χ0v) is 21.0. The average Bonchev–Trinajstić information content (AvgIpc) is 3.44. The number of carboxylic acids is 1. The first kappa shape index (κ1) is 25.4. The molecular weight excluding hydrogens is 448 g/mol. The highest BCUT2D eigenvalue weighted by molar-refractivity contribution is 6.05. The van der Waals surface area contributed by atoms with Gasteiger partial charge in [-0.1, -0.05) is 32.1 Å². The molecule has 0 aromatic heterocycles. The molecule has 0 aliphatic carbocycles. The van der Waals surface area contributed by atoms with Gasteiger partial charge in [0.1, 0.15) is 17.6 Å². The number of carbonyl (C=O) groups is 3. The Hall–Kier alpha value is -2.71. The lowest BCUT2D eigenvalue weighted by Gasteiger charge is -2.39. The van der Waals surface area contributed by atoms with Gasteiger partial charge in [-0.3, -0.25) is 14.4 Å². The summed E-state index contributed by atoms with van der Waals surface area (Å²) in [6.45, 7) is 11.3. The molecule has 2 unspecified atom stereocenters. The molecule has 0 saturated carbocycles. The van der Waals surface area contributed by atoms with Crippen molar-refractivity contribution in [1.82, 2.24) is 4.90 Å². The number of aliphatic carboxylic acids is 1. The quantitative estimate of drug-likeness (QED) is 0.522. The maximum atomic E-state index is 14.5. The molecule has 4 rings (SSSR count). The Balaban J connectivity index is 1.89. The highest BCUT2D eigenvalue weighted by Gasteiger charge is 2.79. The third-order valence-electron chi connectivity index (χ3n) is 8.43. The predicted molar refractivity (Wildman–Crippen MR) is 131 cm³/mol. The van der Waals surface area contributed by atoms with Crippen molar-refractivity contribution in [2.75, 3.05) is 18.1 Å². The van der Waals surface area contributed by atoms with Crippen molar-refractivity contribution in [2.45, 2.75) is 76.7 Å². The third-order valence-corrected chi connectivity index (χ3v) is 8.43. The van der Waals surface area contributed by atoms with Gasteiger partial charge in [0.25, 0.3) is 5.91 Å². The number of anilines is 1. The minimum absolute atomic E-state index is 0.222. The van der Waals surface area contributed by atoms with E-state index < -0.39 is 47.0 Å². The molecule has 2 N–H and O–H groups in total. The summed E-state index contributed by atoms with van der Waals surface area (Å²) in [4.78, 5) is 43.9. The van der Waals surface area contributed by atoms with E-state index in [2.05, 4.69) is 6.58 Å². The summed E-state index contributed by atoms with van der Waals surface area (Å²) in [6, 6.07) is 4.19. The summed E-state index contributed by atoms with van der Waals surface area (Å²) in [5.41, 5.74) is 0.382. The van der Waals surface area contributed by atoms with Crippen LogP contribution in [0.4, 0.5) is 5.69 Å². The maximum absolute atomic E-state index is 14.5. The van der Waals surface area contributed by atoms with E-state index >= 15 is 0 Å². The average molecular weight is 485 g/mol. The Morgan fingerprint density at radius 2 is 2.03 bits per heavy atom. The molecule has 8 nitrogen and oxygen atoms in total. The van der Waals surface area contributed by atoms with Crippen LogP contribution in [0.5, 0.6) is 0 Å². The zero-order valence-electron chi connectivity index (χ0n) is 21.0. The Morgan fingerprint density at radius 1 is 1.31 bits per heavy atom. The number of ether oxygens (including phenoxy) is 1. The molecule has 2 amide bonds. The van der Waals surface area contributed by atoms with Crippen molar-refractivity contribution in [3.8, 4) is 0 Å². The van der Waals surface area contributed by atoms with Crippen molar-refractivity contribution in [1.29, 1.82) is 0 Å². The van der Waals surface area contributed by atoms with Gasteiger partial charge in [0.05, 0.1) is 24.2 Å². The molecule has 0 radical (unpaired) electrons. The van der Waals surface area contributed by atoms with Crippen LogP contribution < -0.4 is 4.90 Å². The van der Waals surface area contributed by atoms with Crippen LogP contribution in [0.25, 0.3) is 0 Å². The lowest BCUT2D eigenvalue weighted by Crippen LogP contribution is -2.59. The number of carboxylic acid groups (broad SMARTS) is 1. The molecule has 1 aromatic carbocycles. The van der Waals surface area contributed by atoms with Crippen LogP contribution in [0.15, 0.2) is 30.9 Å². The number of benzene rings is 1. The molecule has 6 atom stereocenters. The summed E-state index contributed by atoms with van der Waals surface area (Å²) in [6.07, 6.45) is 3.41. The summed E-state index contributed by atoms with van der Waals surface area (Å²) >= 11 is 0. The molecule has 190 valence electrons. The number of hydrogen-bond acceptors (Lipinski definition) is 5. The van der Waals surface area contributed by atoms with Crippen LogP contribution in [-0.2, 0) is 19.1 Å². The zero-order chi connectivity index (χ0) is 25.7. The monoisotopic (exact) mass is 484 g/mol. The minimum Gasteiger partial charge on any atom is -0.481 e. The number of aliphatic hydroxyl groups excluding tert-OH is 1. The highest BCUT2D eigenvalue weighted by Crippen LogP contribution is 2.64. The summed E-state index contributed by atoms with van der Waals surface area (Å²) in [7, 11) is 0. The fourth-order valence-electron chi connectivity index (χ4n) is 6.71. The van der Waals surface area contributed by atoms with Crippen molar-refractivity contribution in [3.63, 3.8) is 0 Å². The number of aliphatic hydroxyl groups is 1. The minimum atomic E-state index is -1.24. The number of aryl methyl sites for hydroxylation is 2. The smallest absolute Gasteiger partial charge is 0.310 e. The van der Waals surface area contributed by atoms with Gasteiger partial charge in [-0.05, 0) is 56.7 Å². The van der Waals surface area contributed by atoms with E-state index in [1.807, 2.05) is 45.9 Å². The first-order valence-electron chi connectivity index (χ1n) is 12.5. The lowest BCUT2D eigenvalue weighted by atomic mass is 9.65. The number of likely N-dealkylation sites (tertiary alicyclic amines) is 1. The highest BCUT2D eigenvalue weighted by atomic mass is 16.5. The van der Waals surface area contributed by atoms with E-state index in [1.54, 1.807) is 11.0 Å². The molecule has 8 heteroatoms.